The normalized spacial score (nSPS) is 12.0. The van der Waals surface area contributed by atoms with Crippen LogP contribution in [-0.4, -0.2) is 47.7 Å². The maximum Gasteiger partial charge on any atom is 0.245 e. The molecule has 3 aromatic rings. The summed E-state index contributed by atoms with van der Waals surface area (Å²) in [6, 6.07) is 18.0. The number of nitrogens with one attached hydrogen (secondary N) is 2. The van der Waals surface area contributed by atoms with Crippen molar-refractivity contribution in [1.82, 2.24) is 10.0 Å². The quantitative estimate of drug-likeness (QED) is 0.336. The van der Waals surface area contributed by atoms with Crippen LogP contribution in [-0.2, 0) is 27.7 Å². The smallest absolute Gasteiger partial charge is 0.245 e. The summed E-state index contributed by atoms with van der Waals surface area (Å²) >= 11 is 6.08. The number of benzene rings is 3. The minimum atomic E-state index is -4.14. The van der Waals surface area contributed by atoms with E-state index < -0.39 is 22.0 Å². The van der Waals surface area contributed by atoms with Crippen molar-refractivity contribution in [2.24, 2.45) is 0 Å². The number of hydrogen-bond acceptors (Lipinski definition) is 6. The Labute approximate surface area is 222 Å². The van der Waals surface area contributed by atoms with Gasteiger partial charge in [0.1, 0.15) is 16.7 Å². The second kappa shape index (κ2) is 13.3. The summed E-state index contributed by atoms with van der Waals surface area (Å²) < 4.78 is 45.3. The van der Waals surface area contributed by atoms with Crippen molar-refractivity contribution in [3.8, 4) is 17.2 Å². The van der Waals surface area contributed by atoms with Crippen LogP contribution in [0.1, 0.15) is 18.1 Å². The highest BCUT2D eigenvalue weighted by Gasteiger charge is 2.28. The van der Waals surface area contributed by atoms with Crippen LogP contribution < -0.4 is 24.2 Å². The average Bonchev–Trinajstić information content (AvgIpc) is 2.89. The Bertz CT molecular complexity index is 1300. The molecule has 0 radical (unpaired) electrons. The summed E-state index contributed by atoms with van der Waals surface area (Å²) in [5.74, 6) is 0.910. The lowest BCUT2D eigenvalue weighted by atomic mass is 10.1. The van der Waals surface area contributed by atoms with E-state index in [0.29, 0.717) is 24.5 Å². The first-order chi connectivity index (χ1) is 17.8. The SMILES string of the molecule is CCOc1ccc(Cl)cc1S(=O)(=O)NC(Cc1ccccc1)C(=O)NCCc1ccc(OC)c(OC)c1. The number of sulfonamides is 1. The monoisotopic (exact) mass is 546 g/mol. The molecule has 0 aliphatic heterocycles. The third-order valence-electron chi connectivity index (χ3n) is 5.55. The van der Waals surface area contributed by atoms with Gasteiger partial charge in [-0.05, 0) is 61.2 Å². The van der Waals surface area contributed by atoms with Gasteiger partial charge in [-0.3, -0.25) is 4.79 Å². The fraction of sp³-hybridized carbons (Fsp3) is 0.296. The largest absolute Gasteiger partial charge is 0.493 e. The van der Waals surface area contributed by atoms with Gasteiger partial charge in [-0.2, -0.15) is 4.72 Å². The Balaban J connectivity index is 1.78. The number of hydrogen-bond donors (Lipinski definition) is 2. The van der Waals surface area contributed by atoms with E-state index in [2.05, 4.69) is 10.0 Å². The Morgan fingerprint density at radius 1 is 0.919 bits per heavy atom. The minimum absolute atomic E-state index is 0.127. The van der Waals surface area contributed by atoms with Crippen LogP contribution in [0.3, 0.4) is 0 Å². The van der Waals surface area contributed by atoms with Gasteiger partial charge < -0.3 is 19.5 Å². The second-order valence-corrected chi connectivity index (χ2v) is 10.2. The molecule has 198 valence electrons. The molecule has 37 heavy (non-hydrogen) atoms. The van der Waals surface area contributed by atoms with Crippen molar-refractivity contribution in [1.29, 1.82) is 0 Å². The molecule has 10 heteroatoms. The fourth-order valence-electron chi connectivity index (χ4n) is 3.74. The van der Waals surface area contributed by atoms with Gasteiger partial charge in [-0.1, -0.05) is 48.0 Å². The fourth-order valence-corrected chi connectivity index (χ4v) is 5.35. The van der Waals surface area contributed by atoms with Crippen LogP contribution in [0.4, 0.5) is 0 Å². The maximum atomic E-state index is 13.4. The van der Waals surface area contributed by atoms with Crippen LogP contribution in [0.25, 0.3) is 0 Å². The van der Waals surface area contributed by atoms with Crippen molar-refractivity contribution < 1.29 is 27.4 Å². The highest BCUT2D eigenvalue weighted by molar-refractivity contribution is 7.89. The zero-order chi connectivity index (χ0) is 26.8. The molecule has 1 amide bonds. The number of amides is 1. The molecule has 0 heterocycles. The highest BCUT2D eigenvalue weighted by Crippen LogP contribution is 2.28. The highest BCUT2D eigenvalue weighted by atomic mass is 35.5. The van der Waals surface area contributed by atoms with Gasteiger partial charge in [0.25, 0.3) is 0 Å². The molecule has 3 aromatic carbocycles. The molecule has 1 unspecified atom stereocenters. The lowest BCUT2D eigenvalue weighted by molar-refractivity contribution is -0.122. The molecule has 0 saturated carbocycles. The van der Waals surface area contributed by atoms with Crippen molar-refractivity contribution in [2.75, 3.05) is 27.4 Å². The predicted molar refractivity (Wildman–Crippen MR) is 143 cm³/mol. The molecule has 0 bridgehead atoms. The van der Waals surface area contributed by atoms with E-state index in [-0.39, 0.29) is 28.7 Å². The van der Waals surface area contributed by atoms with E-state index in [1.807, 2.05) is 42.5 Å². The predicted octanol–water partition coefficient (Wildman–Crippen LogP) is 4.00. The summed E-state index contributed by atoms with van der Waals surface area (Å²) in [4.78, 5) is 13.1. The van der Waals surface area contributed by atoms with Gasteiger partial charge in [0.15, 0.2) is 11.5 Å². The number of carbonyl (C=O) groups excluding carboxylic acids is 1. The third kappa shape index (κ3) is 7.85. The molecule has 0 aliphatic carbocycles. The van der Waals surface area contributed by atoms with E-state index in [1.165, 1.54) is 12.1 Å². The van der Waals surface area contributed by atoms with Crippen molar-refractivity contribution in [2.45, 2.75) is 30.7 Å². The van der Waals surface area contributed by atoms with Gasteiger partial charge in [0.05, 0.1) is 20.8 Å². The van der Waals surface area contributed by atoms with E-state index in [1.54, 1.807) is 33.3 Å². The van der Waals surface area contributed by atoms with Crippen LogP contribution >= 0.6 is 11.6 Å². The van der Waals surface area contributed by atoms with Gasteiger partial charge >= 0.3 is 0 Å². The summed E-state index contributed by atoms with van der Waals surface area (Å²) in [6.07, 6.45) is 0.673. The molecule has 0 saturated heterocycles. The molecule has 3 rings (SSSR count). The van der Waals surface area contributed by atoms with Crippen molar-refractivity contribution in [3.05, 3.63) is 82.9 Å². The Morgan fingerprint density at radius 2 is 1.62 bits per heavy atom. The second-order valence-electron chi connectivity index (χ2n) is 8.12. The first kappa shape index (κ1) is 28.3. The van der Waals surface area contributed by atoms with Crippen LogP contribution in [0.2, 0.25) is 5.02 Å². The average molecular weight is 547 g/mol. The molecule has 8 nitrogen and oxygen atoms in total. The number of methoxy groups -OCH3 is 2. The Kier molecular flexibility index (Phi) is 10.2. The minimum Gasteiger partial charge on any atom is -0.493 e. The van der Waals surface area contributed by atoms with E-state index in [4.69, 9.17) is 25.8 Å². The molecule has 0 aromatic heterocycles. The molecule has 0 fully saturated rings. The molecule has 2 N–H and O–H groups in total. The maximum absolute atomic E-state index is 13.4. The summed E-state index contributed by atoms with van der Waals surface area (Å²) in [5, 5.41) is 3.09. The van der Waals surface area contributed by atoms with Gasteiger partial charge in [-0.15, -0.1) is 0 Å². The van der Waals surface area contributed by atoms with Gasteiger partial charge in [0.2, 0.25) is 15.9 Å². The zero-order valence-corrected chi connectivity index (χ0v) is 22.6. The molecule has 1 atom stereocenters. The van der Waals surface area contributed by atoms with Crippen molar-refractivity contribution in [3.63, 3.8) is 0 Å². The topological polar surface area (TPSA) is 103 Å². The van der Waals surface area contributed by atoms with Crippen LogP contribution in [0.5, 0.6) is 17.2 Å². The molecular formula is C27H31ClN2O6S. The lowest BCUT2D eigenvalue weighted by Crippen LogP contribution is -2.48. The lowest BCUT2D eigenvalue weighted by Gasteiger charge is -2.20. The van der Waals surface area contributed by atoms with E-state index >= 15 is 0 Å². The van der Waals surface area contributed by atoms with E-state index in [9.17, 15) is 13.2 Å². The summed E-state index contributed by atoms with van der Waals surface area (Å²) in [7, 11) is -1.03. The molecule has 0 spiro atoms. The zero-order valence-electron chi connectivity index (χ0n) is 21.0. The number of halogens is 1. The number of ether oxygens (including phenoxy) is 3. The first-order valence-corrected chi connectivity index (χ1v) is 13.6. The standard InChI is InChI=1S/C27H31ClN2O6S/c1-4-36-24-13-11-21(28)18-26(24)37(32,33)30-22(16-19-8-6-5-7-9-19)27(31)29-15-14-20-10-12-23(34-2)25(17-20)35-3/h5-13,17-18,22,30H,4,14-16H2,1-3H3,(H,29,31). The van der Waals surface area contributed by atoms with Crippen LogP contribution in [0, 0.1) is 0 Å². The molecular weight excluding hydrogens is 516 g/mol. The Hall–Kier alpha value is -3.27. The Morgan fingerprint density at radius 3 is 2.30 bits per heavy atom. The van der Waals surface area contributed by atoms with Gasteiger partial charge in [-0.25, -0.2) is 8.42 Å². The van der Waals surface area contributed by atoms with Crippen molar-refractivity contribution >= 4 is 27.5 Å². The number of rotatable bonds is 13. The van der Waals surface area contributed by atoms with E-state index in [0.717, 1.165) is 11.1 Å². The third-order valence-corrected chi connectivity index (χ3v) is 7.28. The number of carbonyl (C=O) groups is 1. The van der Waals surface area contributed by atoms with Crippen LogP contribution in [0.15, 0.2) is 71.6 Å². The first-order valence-electron chi connectivity index (χ1n) is 11.7. The summed E-state index contributed by atoms with van der Waals surface area (Å²) in [6.45, 7) is 2.32. The summed E-state index contributed by atoms with van der Waals surface area (Å²) in [5.41, 5.74) is 1.74. The molecule has 0 aliphatic rings. The van der Waals surface area contributed by atoms with Gasteiger partial charge in [0, 0.05) is 11.6 Å².